The molecule has 116 valence electrons. The Morgan fingerprint density at radius 3 is 2.48 bits per heavy atom. The van der Waals surface area contributed by atoms with E-state index < -0.39 is 17.6 Å². The highest BCUT2D eigenvalue weighted by Gasteiger charge is 2.18. The Morgan fingerprint density at radius 1 is 1.43 bits per heavy atom. The molecule has 1 rings (SSSR count). The number of aliphatic carboxylic acids is 1. The maximum Gasteiger partial charge on any atom is 0.328 e. The highest BCUT2D eigenvalue weighted by atomic mass is 32.2. The molecule has 0 aromatic heterocycles. The second-order valence-electron chi connectivity index (χ2n) is 4.75. The largest absolute Gasteiger partial charge is 0.478 e. The number of carboxylic acids is 1. The van der Waals surface area contributed by atoms with Crippen LogP contribution in [0.2, 0.25) is 0 Å². The van der Waals surface area contributed by atoms with Gasteiger partial charge in [0.2, 0.25) is 0 Å². The molecule has 0 bridgehead atoms. The van der Waals surface area contributed by atoms with Gasteiger partial charge in [-0.1, -0.05) is 0 Å². The summed E-state index contributed by atoms with van der Waals surface area (Å²) >= 11 is 1.68. The number of thioether (sulfide) groups is 1. The maximum atomic E-state index is 14.1. The molecule has 0 aliphatic carbocycles. The molecule has 1 N–H and O–H groups in total. The van der Waals surface area contributed by atoms with E-state index in [2.05, 4.69) is 0 Å². The van der Waals surface area contributed by atoms with Gasteiger partial charge in [-0.25, -0.2) is 13.6 Å². The zero-order chi connectivity index (χ0) is 16.0. The van der Waals surface area contributed by atoms with Crippen LogP contribution >= 0.6 is 11.8 Å². The summed E-state index contributed by atoms with van der Waals surface area (Å²) in [5, 5.41) is 8.53. The van der Waals surface area contributed by atoms with Crippen molar-refractivity contribution >= 4 is 29.5 Å². The fourth-order valence-electron chi connectivity index (χ4n) is 1.89. The van der Waals surface area contributed by atoms with E-state index in [1.165, 1.54) is 0 Å². The van der Waals surface area contributed by atoms with Gasteiger partial charge in [0.15, 0.2) is 0 Å². The molecule has 0 amide bonds. The van der Waals surface area contributed by atoms with Crippen molar-refractivity contribution in [3.05, 3.63) is 35.4 Å². The molecular weight excluding hydrogens is 296 g/mol. The summed E-state index contributed by atoms with van der Waals surface area (Å²) in [4.78, 5) is 12.0. The Labute approximate surface area is 127 Å². The molecule has 1 aromatic carbocycles. The first-order valence-electron chi connectivity index (χ1n) is 6.48. The van der Waals surface area contributed by atoms with Gasteiger partial charge < -0.3 is 10.0 Å². The van der Waals surface area contributed by atoms with Gasteiger partial charge in [0.1, 0.15) is 17.3 Å². The Hall–Kier alpha value is -1.56. The maximum absolute atomic E-state index is 14.1. The summed E-state index contributed by atoms with van der Waals surface area (Å²) < 4.78 is 28.2. The number of nitrogens with zero attached hydrogens (tertiary/aromatic N) is 1. The number of carbonyl (C=O) groups is 1. The van der Waals surface area contributed by atoms with Crippen molar-refractivity contribution in [1.29, 1.82) is 0 Å². The molecule has 0 heterocycles. The van der Waals surface area contributed by atoms with E-state index >= 15 is 0 Å². The predicted octanol–water partition coefficient (Wildman–Crippen LogP) is 3.64. The normalized spacial score (nSPS) is 12.6. The van der Waals surface area contributed by atoms with E-state index in [0.717, 1.165) is 36.5 Å². The number of halogens is 2. The van der Waals surface area contributed by atoms with Crippen LogP contribution in [-0.4, -0.2) is 36.2 Å². The van der Waals surface area contributed by atoms with E-state index in [-0.39, 0.29) is 17.3 Å². The summed E-state index contributed by atoms with van der Waals surface area (Å²) in [6, 6.07) is 2.27. The summed E-state index contributed by atoms with van der Waals surface area (Å²) in [5.74, 6) is -1.64. The van der Waals surface area contributed by atoms with E-state index in [4.69, 9.17) is 5.11 Å². The van der Waals surface area contributed by atoms with Gasteiger partial charge in [-0.2, -0.15) is 11.8 Å². The van der Waals surface area contributed by atoms with Crippen LogP contribution in [0.25, 0.3) is 6.08 Å². The summed E-state index contributed by atoms with van der Waals surface area (Å²) in [7, 11) is 1.65. The lowest BCUT2D eigenvalue weighted by Crippen LogP contribution is -2.31. The monoisotopic (exact) mass is 315 g/mol. The van der Waals surface area contributed by atoms with Crippen molar-refractivity contribution in [3.8, 4) is 0 Å². The van der Waals surface area contributed by atoms with Gasteiger partial charge in [-0.3, -0.25) is 0 Å². The van der Waals surface area contributed by atoms with Gasteiger partial charge in [0.05, 0.1) is 0 Å². The molecular formula is C15H19F2NO2S. The zero-order valence-electron chi connectivity index (χ0n) is 12.3. The molecule has 3 nitrogen and oxygen atoms in total. The number of anilines is 1. The van der Waals surface area contributed by atoms with E-state index in [0.29, 0.717) is 0 Å². The van der Waals surface area contributed by atoms with Crippen molar-refractivity contribution in [1.82, 2.24) is 0 Å². The van der Waals surface area contributed by atoms with E-state index in [9.17, 15) is 13.6 Å². The van der Waals surface area contributed by atoms with Crippen LogP contribution in [-0.2, 0) is 4.79 Å². The van der Waals surface area contributed by atoms with Gasteiger partial charge in [-0.05, 0) is 49.1 Å². The lowest BCUT2D eigenvalue weighted by molar-refractivity contribution is -0.131. The Morgan fingerprint density at radius 2 is 2.00 bits per heavy atom. The second-order valence-corrected chi connectivity index (χ2v) is 5.73. The fraction of sp³-hybridized carbons (Fsp3) is 0.400. The van der Waals surface area contributed by atoms with Crippen molar-refractivity contribution in [2.45, 2.75) is 19.4 Å². The number of benzene rings is 1. The molecule has 6 heteroatoms. The molecule has 1 atom stereocenters. The third kappa shape index (κ3) is 5.04. The summed E-state index contributed by atoms with van der Waals surface area (Å²) in [5.41, 5.74) is 0.0948. The molecule has 0 aliphatic rings. The molecule has 0 spiro atoms. The van der Waals surface area contributed by atoms with Crippen LogP contribution in [0.5, 0.6) is 0 Å². The topological polar surface area (TPSA) is 40.5 Å². The first kappa shape index (κ1) is 17.5. The summed E-state index contributed by atoms with van der Waals surface area (Å²) in [6.07, 6.45) is 4.81. The van der Waals surface area contributed by atoms with Gasteiger partial charge in [0, 0.05) is 19.2 Å². The molecule has 0 fully saturated rings. The lowest BCUT2D eigenvalue weighted by Gasteiger charge is -2.27. The van der Waals surface area contributed by atoms with Gasteiger partial charge >= 0.3 is 5.97 Å². The number of hydrogen-bond acceptors (Lipinski definition) is 3. The summed E-state index contributed by atoms with van der Waals surface area (Å²) in [6.45, 7) is 1.91. The molecule has 0 radical (unpaired) electrons. The highest BCUT2D eigenvalue weighted by molar-refractivity contribution is 7.98. The molecule has 0 saturated carbocycles. The van der Waals surface area contributed by atoms with E-state index in [1.54, 1.807) is 23.7 Å². The zero-order valence-corrected chi connectivity index (χ0v) is 13.1. The standard InChI is InChI=1S/C15H19F2NO2S/c1-10(6-7-21-3)18(2)15-12(16)8-11(9-13(15)17)4-5-14(19)20/h4-5,8-10H,6-7H2,1-3H3,(H,19,20)/b5-4+. The molecule has 21 heavy (non-hydrogen) atoms. The average Bonchev–Trinajstić information content (AvgIpc) is 2.41. The van der Waals surface area contributed by atoms with Crippen LogP contribution in [0, 0.1) is 11.6 Å². The van der Waals surface area contributed by atoms with Crippen molar-refractivity contribution in [2.75, 3.05) is 24.0 Å². The minimum Gasteiger partial charge on any atom is -0.478 e. The third-order valence-corrected chi connectivity index (χ3v) is 3.86. The molecule has 1 unspecified atom stereocenters. The second kappa shape index (κ2) is 8.02. The van der Waals surface area contributed by atoms with Crippen LogP contribution < -0.4 is 4.90 Å². The molecule has 0 aliphatic heterocycles. The van der Waals surface area contributed by atoms with Gasteiger partial charge in [-0.15, -0.1) is 0 Å². The van der Waals surface area contributed by atoms with Crippen molar-refractivity contribution < 1.29 is 18.7 Å². The van der Waals surface area contributed by atoms with Crippen molar-refractivity contribution in [2.24, 2.45) is 0 Å². The Balaban J connectivity index is 3.01. The first-order chi connectivity index (χ1) is 9.86. The highest BCUT2D eigenvalue weighted by Crippen LogP contribution is 2.27. The fourth-order valence-corrected chi connectivity index (χ4v) is 2.47. The molecule has 1 aromatic rings. The van der Waals surface area contributed by atoms with Crippen molar-refractivity contribution in [3.63, 3.8) is 0 Å². The van der Waals surface area contributed by atoms with Gasteiger partial charge in [0.25, 0.3) is 0 Å². The van der Waals surface area contributed by atoms with Crippen LogP contribution in [0.3, 0.4) is 0 Å². The number of rotatable bonds is 7. The Kier molecular flexibility index (Phi) is 6.68. The SMILES string of the molecule is CSCCC(C)N(C)c1c(F)cc(/C=C/C(=O)O)cc1F. The number of hydrogen-bond donors (Lipinski definition) is 1. The lowest BCUT2D eigenvalue weighted by atomic mass is 10.1. The van der Waals surface area contributed by atoms with Crippen LogP contribution in [0.4, 0.5) is 14.5 Å². The van der Waals surface area contributed by atoms with Crippen LogP contribution in [0.15, 0.2) is 18.2 Å². The Bertz CT molecular complexity index is 511. The third-order valence-electron chi connectivity index (χ3n) is 3.21. The first-order valence-corrected chi connectivity index (χ1v) is 7.88. The minimum atomic E-state index is -1.16. The quantitative estimate of drug-likeness (QED) is 0.780. The average molecular weight is 315 g/mol. The smallest absolute Gasteiger partial charge is 0.328 e. The molecule has 0 saturated heterocycles. The van der Waals surface area contributed by atoms with E-state index in [1.807, 2.05) is 13.2 Å². The minimum absolute atomic E-state index is 0.00172. The number of carboxylic acid groups (broad SMARTS) is 1. The van der Waals surface area contributed by atoms with Crippen LogP contribution in [0.1, 0.15) is 18.9 Å². The predicted molar refractivity (Wildman–Crippen MR) is 83.9 cm³/mol.